The van der Waals surface area contributed by atoms with E-state index in [0.29, 0.717) is 5.92 Å². The van der Waals surface area contributed by atoms with Crippen LogP contribution in [0.5, 0.6) is 0 Å². The third-order valence-electron chi connectivity index (χ3n) is 6.39. The number of thiazole rings is 1. The van der Waals surface area contributed by atoms with Crippen LogP contribution in [0, 0.1) is 19.8 Å². The molecular formula is C22H28N6OS. The summed E-state index contributed by atoms with van der Waals surface area (Å²) in [5, 5.41) is 4.85. The van der Waals surface area contributed by atoms with E-state index in [4.69, 9.17) is 10.1 Å². The SMILES string of the molecule is Cc1cn2nc([C@@H]3CCCCN3C(=O)c3scnc3C)cc2nc1N1CC[C@H](C)C1. The maximum atomic E-state index is 13.2. The number of piperidine rings is 1. The smallest absolute Gasteiger partial charge is 0.266 e. The molecule has 2 atom stereocenters. The summed E-state index contributed by atoms with van der Waals surface area (Å²) in [7, 11) is 0. The van der Waals surface area contributed by atoms with Crippen LogP contribution < -0.4 is 4.90 Å². The average Bonchev–Trinajstić information content (AvgIpc) is 3.46. The molecule has 1 amide bonds. The molecule has 2 saturated heterocycles. The van der Waals surface area contributed by atoms with Crippen molar-refractivity contribution in [3.8, 4) is 0 Å². The lowest BCUT2D eigenvalue weighted by molar-refractivity contribution is 0.0610. The molecule has 2 aliphatic rings. The van der Waals surface area contributed by atoms with Crippen molar-refractivity contribution in [2.45, 2.75) is 52.5 Å². The number of likely N-dealkylation sites (tertiary alicyclic amines) is 1. The Labute approximate surface area is 180 Å². The first-order valence-corrected chi connectivity index (χ1v) is 11.7. The quantitative estimate of drug-likeness (QED) is 0.635. The topological polar surface area (TPSA) is 66.6 Å². The average molecular weight is 425 g/mol. The van der Waals surface area contributed by atoms with Crippen molar-refractivity contribution in [3.05, 3.63) is 39.6 Å². The highest BCUT2D eigenvalue weighted by Crippen LogP contribution is 2.33. The fourth-order valence-electron chi connectivity index (χ4n) is 4.75. The molecule has 0 saturated carbocycles. The van der Waals surface area contributed by atoms with E-state index in [-0.39, 0.29) is 11.9 Å². The first-order valence-electron chi connectivity index (χ1n) is 10.8. The minimum absolute atomic E-state index is 0.00925. The van der Waals surface area contributed by atoms with Gasteiger partial charge in [-0.25, -0.2) is 14.5 Å². The highest BCUT2D eigenvalue weighted by atomic mass is 32.1. The van der Waals surface area contributed by atoms with E-state index < -0.39 is 0 Å². The number of nitrogens with zero attached hydrogens (tertiary/aromatic N) is 6. The summed E-state index contributed by atoms with van der Waals surface area (Å²) < 4.78 is 1.88. The van der Waals surface area contributed by atoms with Gasteiger partial charge in [0.1, 0.15) is 10.7 Å². The zero-order valence-electron chi connectivity index (χ0n) is 17.8. The summed E-state index contributed by atoms with van der Waals surface area (Å²) in [6.45, 7) is 9.19. The lowest BCUT2D eigenvalue weighted by Gasteiger charge is -2.34. The molecule has 8 heteroatoms. The third kappa shape index (κ3) is 3.37. The number of aromatic nitrogens is 4. The number of carbonyl (C=O) groups is 1. The van der Waals surface area contributed by atoms with Crippen LogP contribution in [-0.2, 0) is 0 Å². The zero-order chi connectivity index (χ0) is 20.8. The summed E-state index contributed by atoms with van der Waals surface area (Å²) in [6.07, 6.45) is 6.36. The van der Waals surface area contributed by atoms with Gasteiger partial charge in [0.25, 0.3) is 5.91 Å². The Morgan fingerprint density at radius 2 is 2.07 bits per heavy atom. The van der Waals surface area contributed by atoms with Crippen LogP contribution in [0.4, 0.5) is 5.82 Å². The van der Waals surface area contributed by atoms with Crippen molar-refractivity contribution in [1.82, 2.24) is 24.5 Å². The number of aryl methyl sites for hydroxylation is 2. The molecule has 0 N–H and O–H groups in total. The Bertz CT molecular complexity index is 1090. The van der Waals surface area contributed by atoms with Crippen molar-refractivity contribution in [3.63, 3.8) is 0 Å². The molecule has 2 fully saturated rings. The van der Waals surface area contributed by atoms with Crippen LogP contribution in [0.2, 0.25) is 0 Å². The minimum atomic E-state index is -0.00925. The highest BCUT2D eigenvalue weighted by molar-refractivity contribution is 7.11. The predicted octanol–water partition coefficient (Wildman–Crippen LogP) is 4.02. The second kappa shape index (κ2) is 7.65. The standard InChI is InChI=1S/C22H28N6OS/c1-14-7-9-26(11-14)21-15(2)12-28-19(24-21)10-17(25-28)18-6-4-5-8-27(18)22(29)20-16(3)23-13-30-20/h10,12-14,18H,4-9,11H2,1-3H3/t14-,18-/m0/s1. The van der Waals surface area contributed by atoms with E-state index in [2.05, 4.69) is 36.0 Å². The number of hydrogen-bond donors (Lipinski definition) is 0. The molecule has 0 bridgehead atoms. The van der Waals surface area contributed by atoms with Crippen LogP contribution in [0.3, 0.4) is 0 Å². The van der Waals surface area contributed by atoms with Crippen molar-refractivity contribution in [1.29, 1.82) is 0 Å². The second-order valence-corrected chi connectivity index (χ2v) is 9.59. The summed E-state index contributed by atoms with van der Waals surface area (Å²) in [6, 6.07) is 2.06. The van der Waals surface area contributed by atoms with Crippen molar-refractivity contribution in [2.24, 2.45) is 5.92 Å². The lowest BCUT2D eigenvalue weighted by Crippen LogP contribution is -2.38. The van der Waals surface area contributed by atoms with E-state index in [0.717, 1.165) is 72.2 Å². The van der Waals surface area contributed by atoms with Gasteiger partial charge in [-0.1, -0.05) is 6.92 Å². The van der Waals surface area contributed by atoms with Crippen molar-refractivity contribution in [2.75, 3.05) is 24.5 Å². The van der Waals surface area contributed by atoms with Gasteiger partial charge in [0.2, 0.25) is 0 Å². The second-order valence-electron chi connectivity index (χ2n) is 8.74. The summed E-state index contributed by atoms with van der Waals surface area (Å²) in [4.78, 5) is 27.6. The monoisotopic (exact) mass is 424 g/mol. The minimum Gasteiger partial charge on any atom is -0.356 e. The Kier molecular flexibility index (Phi) is 4.97. The maximum Gasteiger partial charge on any atom is 0.266 e. The first-order chi connectivity index (χ1) is 14.5. The van der Waals surface area contributed by atoms with E-state index in [9.17, 15) is 4.79 Å². The molecule has 30 heavy (non-hydrogen) atoms. The van der Waals surface area contributed by atoms with Crippen LogP contribution in [0.1, 0.15) is 65.3 Å². The molecule has 0 unspecified atom stereocenters. The summed E-state index contributed by atoms with van der Waals surface area (Å²) >= 11 is 1.43. The van der Waals surface area contributed by atoms with E-state index in [1.165, 1.54) is 17.8 Å². The first kappa shape index (κ1) is 19.5. The maximum absolute atomic E-state index is 13.2. The highest BCUT2D eigenvalue weighted by Gasteiger charge is 2.32. The predicted molar refractivity (Wildman–Crippen MR) is 118 cm³/mol. The van der Waals surface area contributed by atoms with Gasteiger partial charge >= 0.3 is 0 Å². The Morgan fingerprint density at radius 1 is 1.20 bits per heavy atom. The molecular weight excluding hydrogens is 396 g/mol. The number of fused-ring (bicyclic) bond motifs is 1. The molecule has 0 aromatic carbocycles. The van der Waals surface area contributed by atoms with Crippen LogP contribution in [-0.4, -0.2) is 50.0 Å². The molecule has 7 nitrogen and oxygen atoms in total. The lowest BCUT2D eigenvalue weighted by atomic mass is 9.99. The van der Waals surface area contributed by atoms with Gasteiger partial charge in [0, 0.05) is 37.5 Å². The number of hydrogen-bond acceptors (Lipinski definition) is 6. The number of rotatable bonds is 3. The van der Waals surface area contributed by atoms with Crippen molar-refractivity contribution < 1.29 is 4.79 Å². The van der Waals surface area contributed by atoms with Crippen LogP contribution in [0.25, 0.3) is 5.65 Å². The van der Waals surface area contributed by atoms with Gasteiger partial charge in [-0.2, -0.15) is 5.10 Å². The Hall–Kier alpha value is -2.48. The Morgan fingerprint density at radius 3 is 2.80 bits per heavy atom. The van der Waals surface area contributed by atoms with Gasteiger partial charge in [-0.3, -0.25) is 4.79 Å². The van der Waals surface area contributed by atoms with Gasteiger partial charge in [0.05, 0.1) is 22.9 Å². The molecule has 0 spiro atoms. The number of anilines is 1. The fraction of sp³-hybridized carbons (Fsp3) is 0.545. The van der Waals surface area contributed by atoms with Gasteiger partial charge in [-0.05, 0) is 45.4 Å². The number of amides is 1. The van der Waals surface area contributed by atoms with Crippen molar-refractivity contribution >= 4 is 28.7 Å². The van der Waals surface area contributed by atoms with E-state index in [1.54, 1.807) is 5.51 Å². The number of carbonyl (C=O) groups excluding carboxylic acids is 1. The molecule has 0 radical (unpaired) electrons. The molecule has 158 valence electrons. The van der Waals surface area contributed by atoms with Crippen LogP contribution >= 0.6 is 11.3 Å². The Balaban J connectivity index is 1.48. The van der Waals surface area contributed by atoms with E-state index >= 15 is 0 Å². The molecule has 5 rings (SSSR count). The molecule has 2 aliphatic heterocycles. The summed E-state index contributed by atoms with van der Waals surface area (Å²) in [5.74, 6) is 1.85. The van der Waals surface area contributed by atoms with E-state index in [1.807, 2.05) is 16.3 Å². The van der Waals surface area contributed by atoms with Crippen LogP contribution in [0.15, 0.2) is 17.8 Å². The summed E-state index contributed by atoms with van der Waals surface area (Å²) in [5.41, 5.74) is 5.50. The molecule has 0 aliphatic carbocycles. The van der Waals surface area contributed by atoms with Gasteiger partial charge in [-0.15, -0.1) is 11.3 Å². The third-order valence-corrected chi connectivity index (χ3v) is 7.31. The molecule has 5 heterocycles. The molecule has 3 aromatic heterocycles. The fourth-order valence-corrected chi connectivity index (χ4v) is 5.51. The largest absolute Gasteiger partial charge is 0.356 e. The van der Waals surface area contributed by atoms with Gasteiger partial charge in [0.15, 0.2) is 5.65 Å². The zero-order valence-corrected chi connectivity index (χ0v) is 18.7. The normalized spacial score (nSPS) is 22.2. The van der Waals surface area contributed by atoms with Gasteiger partial charge < -0.3 is 9.80 Å². The molecule has 3 aromatic rings.